The lowest BCUT2D eigenvalue weighted by Crippen LogP contribution is -2.18. The fourth-order valence-corrected chi connectivity index (χ4v) is 1.38. The molecule has 1 aliphatic heterocycles. The predicted octanol–water partition coefficient (Wildman–Crippen LogP) is 2.30. The van der Waals surface area contributed by atoms with Crippen LogP contribution < -0.4 is 0 Å². The summed E-state index contributed by atoms with van der Waals surface area (Å²) >= 11 is 6.28. The first-order valence-corrected chi connectivity index (χ1v) is 5.02. The molecular weight excluding hydrogens is 292 g/mol. The SMILES string of the molecule is CC(C)OC1OC(=O)C(Br)=C1Br. The van der Waals surface area contributed by atoms with Gasteiger partial charge < -0.3 is 9.47 Å². The highest BCUT2D eigenvalue weighted by Gasteiger charge is 2.32. The van der Waals surface area contributed by atoms with Gasteiger partial charge in [-0.2, -0.15) is 0 Å². The average Bonchev–Trinajstić information content (AvgIpc) is 2.17. The van der Waals surface area contributed by atoms with Gasteiger partial charge in [0.25, 0.3) is 0 Å². The van der Waals surface area contributed by atoms with Gasteiger partial charge in [-0.3, -0.25) is 0 Å². The van der Waals surface area contributed by atoms with Gasteiger partial charge in [0.2, 0.25) is 6.29 Å². The van der Waals surface area contributed by atoms with E-state index in [1.165, 1.54) is 0 Å². The number of hydrogen-bond donors (Lipinski definition) is 0. The molecule has 1 heterocycles. The van der Waals surface area contributed by atoms with Crippen LogP contribution in [0, 0.1) is 0 Å². The first-order valence-electron chi connectivity index (χ1n) is 3.44. The highest BCUT2D eigenvalue weighted by molar-refractivity contribution is 9.14. The average molecular weight is 300 g/mol. The van der Waals surface area contributed by atoms with Crippen LogP contribution >= 0.6 is 31.9 Å². The third kappa shape index (κ3) is 2.08. The molecule has 0 saturated carbocycles. The van der Waals surface area contributed by atoms with Gasteiger partial charge in [-0.15, -0.1) is 0 Å². The van der Waals surface area contributed by atoms with Gasteiger partial charge in [0.1, 0.15) is 4.48 Å². The highest BCUT2D eigenvalue weighted by Crippen LogP contribution is 2.32. The molecule has 0 aromatic carbocycles. The number of halogens is 2. The standard InChI is InChI=1S/C7H8Br2O3/c1-3(2)11-7-5(9)4(8)6(10)12-7/h3,7H,1-2H3. The summed E-state index contributed by atoms with van der Waals surface area (Å²) in [6.45, 7) is 3.75. The molecule has 0 fully saturated rings. The van der Waals surface area contributed by atoms with Crippen LogP contribution in [-0.4, -0.2) is 18.4 Å². The fraction of sp³-hybridized carbons (Fsp3) is 0.571. The van der Waals surface area contributed by atoms with Crippen molar-refractivity contribution >= 4 is 37.8 Å². The molecule has 5 heteroatoms. The van der Waals surface area contributed by atoms with Crippen LogP contribution in [0.1, 0.15) is 13.8 Å². The second-order valence-corrected chi connectivity index (χ2v) is 4.23. The Morgan fingerprint density at radius 3 is 2.42 bits per heavy atom. The highest BCUT2D eigenvalue weighted by atomic mass is 79.9. The Morgan fingerprint density at radius 1 is 1.50 bits per heavy atom. The Bertz CT molecular complexity index is 235. The van der Waals surface area contributed by atoms with Crippen LogP contribution in [0.15, 0.2) is 8.96 Å². The Morgan fingerprint density at radius 2 is 2.08 bits per heavy atom. The predicted molar refractivity (Wildman–Crippen MR) is 51.0 cm³/mol. The number of carbonyl (C=O) groups excluding carboxylic acids is 1. The molecule has 0 aromatic heterocycles. The van der Waals surface area contributed by atoms with Crippen molar-refractivity contribution in [2.24, 2.45) is 0 Å². The summed E-state index contributed by atoms with van der Waals surface area (Å²) in [4.78, 5) is 10.9. The number of hydrogen-bond acceptors (Lipinski definition) is 3. The zero-order chi connectivity index (χ0) is 9.30. The minimum absolute atomic E-state index is 0.0220. The normalized spacial score (nSPS) is 23.8. The first-order chi connectivity index (χ1) is 5.52. The van der Waals surface area contributed by atoms with E-state index in [1.807, 2.05) is 13.8 Å². The van der Waals surface area contributed by atoms with Crippen molar-refractivity contribution in [2.75, 3.05) is 0 Å². The maximum atomic E-state index is 10.9. The van der Waals surface area contributed by atoms with E-state index in [0.29, 0.717) is 8.96 Å². The Kier molecular flexibility index (Phi) is 3.31. The van der Waals surface area contributed by atoms with Crippen molar-refractivity contribution < 1.29 is 14.3 Å². The quantitative estimate of drug-likeness (QED) is 0.734. The molecule has 0 saturated heterocycles. The van der Waals surface area contributed by atoms with Gasteiger partial charge in [0, 0.05) is 0 Å². The first kappa shape index (κ1) is 10.2. The summed E-state index contributed by atoms with van der Waals surface area (Å²) in [6, 6.07) is 0. The Balaban J connectivity index is 2.67. The van der Waals surface area contributed by atoms with Crippen LogP contribution in [0.5, 0.6) is 0 Å². The lowest BCUT2D eigenvalue weighted by molar-refractivity contribution is -0.164. The lowest BCUT2D eigenvalue weighted by atomic mass is 10.4. The molecule has 0 radical (unpaired) electrons. The molecule has 0 spiro atoms. The van der Waals surface area contributed by atoms with E-state index in [4.69, 9.17) is 9.47 Å². The molecule has 0 N–H and O–H groups in total. The lowest BCUT2D eigenvalue weighted by Gasteiger charge is -2.14. The van der Waals surface area contributed by atoms with E-state index in [1.54, 1.807) is 0 Å². The second kappa shape index (κ2) is 3.89. The topological polar surface area (TPSA) is 35.5 Å². The van der Waals surface area contributed by atoms with Gasteiger partial charge in [-0.05, 0) is 45.7 Å². The minimum Gasteiger partial charge on any atom is -0.427 e. The maximum Gasteiger partial charge on any atom is 0.348 e. The molecule has 1 rings (SSSR count). The van der Waals surface area contributed by atoms with E-state index in [0.717, 1.165) is 0 Å². The van der Waals surface area contributed by atoms with Crippen LogP contribution in [0.2, 0.25) is 0 Å². The second-order valence-electron chi connectivity index (χ2n) is 2.58. The summed E-state index contributed by atoms with van der Waals surface area (Å²) in [5.74, 6) is -0.396. The Hall–Kier alpha value is 0.130. The Labute approximate surface area is 87.4 Å². The maximum absolute atomic E-state index is 10.9. The van der Waals surface area contributed by atoms with E-state index < -0.39 is 12.3 Å². The molecular formula is C7H8Br2O3. The smallest absolute Gasteiger partial charge is 0.348 e. The summed E-state index contributed by atoms with van der Waals surface area (Å²) in [7, 11) is 0. The molecule has 1 aliphatic rings. The van der Waals surface area contributed by atoms with Crippen molar-refractivity contribution in [2.45, 2.75) is 26.2 Å². The molecule has 3 nitrogen and oxygen atoms in total. The molecule has 1 atom stereocenters. The van der Waals surface area contributed by atoms with Gasteiger partial charge >= 0.3 is 5.97 Å². The van der Waals surface area contributed by atoms with Gasteiger partial charge in [-0.1, -0.05) is 0 Å². The van der Waals surface area contributed by atoms with E-state index in [9.17, 15) is 4.79 Å². The summed E-state index contributed by atoms with van der Waals surface area (Å²) in [5, 5.41) is 0. The van der Waals surface area contributed by atoms with Crippen LogP contribution in [0.25, 0.3) is 0 Å². The van der Waals surface area contributed by atoms with Gasteiger partial charge in [0.05, 0.1) is 10.6 Å². The zero-order valence-corrected chi connectivity index (χ0v) is 9.81. The van der Waals surface area contributed by atoms with E-state index in [-0.39, 0.29) is 6.10 Å². The molecule has 0 aromatic rings. The van der Waals surface area contributed by atoms with Crippen molar-refractivity contribution in [1.29, 1.82) is 0 Å². The molecule has 12 heavy (non-hydrogen) atoms. The van der Waals surface area contributed by atoms with Crippen molar-refractivity contribution in [1.82, 2.24) is 0 Å². The number of cyclic esters (lactones) is 1. The summed E-state index contributed by atoms with van der Waals surface area (Å²) < 4.78 is 11.2. The molecule has 0 amide bonds. The monoisotopic (exact) mass is 298 g/mol. The van der Waals surface area contributed by atoms with Crippen LogP contribution in [0.4, 0.5) is 0 Å². The van der Waals surface area contributed by atoms with Crippen molar-refractivity contribution in [3.05, 3.63) is 8.96 Å². The third-order valence-corrected chi connectivity index (χ3v) is 3.26. The molecule has 0 aliphatic carbocycles. The van der Waals surface area contributed by atoms with Gasteiger partial charge in [0.15, 0.2) is 0 Å². The van der Waals surface area contributed by atoms with Gasteiger partial charge in [-0.25, -0.2) is 4.79 Å². The number of carbonyl (C=O) groups is 1. The fourth-order valence-electron chi connectivity index (χ4n) is 0.736. The third-order valence-electron chi connectivity index (χ3n) is 1.21. The molecule has 68 valence electrons. The zero-order valence-electron chi connectivity index (χ0n) is 6.64. The summed E-state index contributed by atoms with van der Waals surface area (Å²) in [5.41, 5.74) is 0. The molecule has 1 unspecified atom stereocenters. The van der Waals surface area contributed by atoms with E-state index in [2.05, 4.69) is 31.9 Å². The minimum atomic E-state index is -0.591. The van der Waals surface area contributed by atoms with E-state index >= 15 is 0 Å². The molecule has 0 bridgehead atoms. The number of ether oxygens (including phenoxy) is 2. The van der Waals surface area contributed by atoms with Crippen LogP contribution in [0.3, 0.4) is 0 Å². The van der Waals surface area contributed by atoms with Crippen molar-refractivity contribution in [3.8, 4) is 0 Å². The summed E-state index contributed by atoms with van der Waals surface area (Å²) in [6.07, 6.45) is -0.569. The van der Waals surface area contributed by atoms with Crippen LogP contribution in [-0.2, 0) is 14.3 Å². The number of esters is 1. The number of rotatable bonds is 2. The van der Waals surface area contributed by atoms with Crippen molar-refractivity contribution in [3.63, 3.8) is 0 Å². The largest absolute Gasteiger partial charge is 0.427 e.